The number of rotatable bonds is 53. The molecule has 4 atom stereocenters. The number of amides is 1. The van der Waals surface area contributed by atoms with Crippen LogP contribution in [0.5, 0.6) is 0 Å². The van der Waals surface area contributed by atoms with E-state index in [2.05, 4.69) is 55.6 Å². The van der Waals surface area contributed by atoms with Gasteiger partial charge in [0.1, 0.15) is 12.2 Å². The molecule has 0 saturated carbocycles. The van der Waals surface area contributed by atoms with Crippen molar-refractivity contribution in [1.29, 1.82) is 0 Å². The molecule has 0 aliphatic heterocycles. The van der Waals surface area contributed by atoms with Gasteiger partial charge in [0.05, 0.1) is 18.8 Å². The fraction of sp³-hybridized carbons (Fsp3) is 0.881. The molecule has 0 aromatic rings. The minimum Gasteiger partial charge on any atom is -0.394 e. The molecule has 0 aromatic carbocycles. The predicted octanol–water partition coefficient (Wildman–Crippen LogP) is 16.8. The normalized spacial score (nSPS) is 14.0. The van der Waals surface area contributed by atoms with Gasteiger partial charge in [-0.1, -0.05) is 262 Å². The van der Waals surface area contributed by atoms with Gasteiger partial charge < -0.3 is 25.7 Å². The largest absolute Gasteiger partial charge is 0.394 e. The number of carbonyl (C=O) groups excluding carboxylic acids is 1. The fourth-order valence-electron chi connectivity index (χ4n) is 9.01. The summed E-state index contributed by atoms with van der Waals surface area (Å²) in [6.07, 6.45) is 66.5. The summed E-state index contributed by atoms with van der Waals surface area (Å²) < 4.78 is 0. The maximum Gasteiger partial charge on any atom is 0.249 e. The standard InChI is InChI=1S/C59H113NO5/c1-3-5-7-9-11-13-15-17-19-21-23-25-27-28-29-31-32-34-36-38-40-42-44-46-48-50-52-56(62)58(64)55(54-61)60-59(65)57(63)53-51-49-47-45-43-41-39-37-35-33-30-26-24-22-20-18-16-14-12-10-8-6-4-2/h33,35-36,38,44,46,55-58,61-64H,3-32,34,37,39-43,45,47-54H2,1-2H3,(H,60,65)/b35-33-,38-36+,46-44+. The lowest BCUT2D eigenvalue weighted by Gasteiger charge is -2.27. The van der Waals surface area contributed by atoms with E-state index in [4.69, 9.17) is 0 Å². The van der Waals surface area contributed by atoms with E-state index in [9.17, 15) is 25.2 Å². The van der Waals surface area contributed by atoms with E-state index in [0.717, 1.165) is 38.5 Å². The van der Waals surface area contributed by atoms with Gasteiger partial charge in [-0.15, -0.1) is 0 Å². The summed E-state index contributed by atoms with van der Waals surface area (Å²) in [4.78, 5) is 12.6. The first-order valence-corrected chi connectivity index (χ1v) is 28.9. The maximum absolute atomic E-state index is 12.6. The van der Waals surface area contributed by atoms with Gasteiger partial charge in [0.25, 0.3) is 0 Å². The summed E-state index contributed by atoms with van der Waals surface area (Å²) in [5.41, 5.74) is 0. The Labute approximate surface area is 405 Å². The SMILES string of the molecule is CCCCCCCCCCCCCC/C=C\CCCCCCCCCC(O)C(=O)NC(CO)C(O)C(O)CCC/C=C/CC/C=C/CCCCCCCCCCCCCCCCCCC. The molecule has 65 heavy (non-hydrogen) atoms. The highest BCUT2D eigenvalue weighted by Gasteiger charge is 2.28. The monoisotopic (exact) mass is 916 g/mol. The third-order valence-corrected chi connectivity index (χ3v) is 13.6. The average molecular weight is 917 g/mol. The van der Waals surface area contributed by atoms with Gasteiger partial charge in [-0.05, 0) is 77.0 Å². The van der Waals surface area contributed by atoms with Gasteiger partial charge in [-0.25, -0.2) is 0 Å². The number of aliphatic hydroxyl groups is 4. The van der Waals surface area contributed by atoms with Crippen molar-refractivity contribution >= 4 is 5.91 Å². The molecular weight excluding hydrogens is 803 g/mol. The van der Waals surface area contributed by atoms with Gasteiger partial charge in [0, 0.05) is 0 Å². The first-order valence-electron chi connectivity index (χ1n) is 28.9. The summed E-state index contributed by atoms with van der Waals surface area (Å²) in [6, 6.07) is -1.01. The van der Waals surface area contributed by atoms with Gasteiger partial charge in [0.15, 0.2) is 0 Å². The molecule has 0 aromatic heterocycles. The van der Waals surface area contributed by atoms with Crippen molar-refractivity contribution in [3.63, 3.8) is 0 Å². The molecule has 0 rings (SSSR count). The van der Waals surface area contributed by atoms with Crippen molar-refractivity contribution < 1.29 is 25.2 Å². The summed E-state index contributed by atoms with van der Waals surface area (Å²) >= 11 is 0. The van der Waals surface area contributed by atoms with Crippen LogP contribution >= 0.6 is 0 Å². The Morgan fingerprint density at radius 1 is 0.369 bits per heavy atom. The number of aliphatic hydroxyl groups excluding tert-OH is 4. The second-order valence-corrected chi connectivity index (χ2v) is 20.0. The van der Waals surface area contributed by atoms with Crippen molar-refractivity contribution in [2.75, 3.05) is 6.61 Å². The van der Waals surface area contributed by atoms with Gasteiger partial charge >= 0.3 is 0 Å². The van der Waals surface area contributed by atoms with E-state index in [-0.39, 0.29) is 0 Å². The second kappa shape index (κ2) is 53.5. The average Bonchev–Trinajstić information content (AvgIpc) is 3.31. The third-order valence-electron chi connectivity index (χ3n) is 13.6. The van der Waals surface area contributed by atoms with E-state index in [1.807, 2.05) is 0 Å². The Morgan fingerprint density at radius 2 is 0.646 bits per heavy atom. The van der Waals surface area contributed by atoms with Crippen molar-refractivity contribution in [2.24, 2.45) is 0 Å². The number of hydrogen-bond donors (Lipinski definition) is 5. The first-order chi connectivity index (χ1) is 32.0. The number of allylic oxidation sites excluding steroid dienone is 6. The van der Waals surface area contributed by atoms with Crippen LogP contribution in [-0.4, -0.2) is 57.3 Å². The number of nitrogens with one attached hydrogen (secondary N) is 1. The van der Waals surface area contributed by atoms with E-state index in [1.165, 1.54) is 231 Å². The number of unbranched alkanes of at least 4 members (excludes halogenated alkanes) is 38. The molecule has 0 fully saturated rings. The van der Waals surface area contributed by atoms with E-state index in [1.54, 1.807) is 0 Å². The van der Waals surface area contributed by atoms with Crippen molar-refractivity contribution in [2.45, 2.75) is 327 Å². The lowest BCUT2D eigenvalue weighted by Crippen LogP contribution is -2.53. The van der Waals surface area contributed by atoms with Crippen molar-refractivity contribution in [3.8, 4) is 0 Å². The number of carbonyl (C=O) groups is 1. The Balaban J connectivity index is 3.69. The Bertz CT molecular complexity index is 1030. The van der Waals surface area contributed by atoms with Gasteiger partial charge in [-0.2, -0.15) is 0 Å². The summed E-state index contributed by atoms with van der Waals surface area (Å²) in [7, 11) is 0. The zero-order chi connectivity index (χ0) is 47.4. The second-order valence-electron chi connectivity index (χ2n) is 20.0. The summed E-state index contributed by atoms with van der Waals surface area (Å²) in [6.45, 7) is 4.07. The Kier molecular flexibility index (Phi) is 52.3. The van der Waals surface area contributed by atoms with Crippen LogP contribution in [0.1, 0.15) is 303 Å². The van der Waals surface area contributed by atoms with Crippen LogP contribution in [-0.2, 0) is 4.79 Å². The highest BCUT2D eigenvalue weighted by molar-refractivity contribution is 5.80. The van der Waals surface area contributed by atoms with Crippen LogP contribution in [0, 0.1) is 0 Å². The molecule has 384 valence electrons. The molecule has 6 nitrogen and oxygen atoms in total. The molecule has 0 spiro atoms. The van der Waals surface area contributed by atoms with Crippen molar-refractivity contribution in [3.05, 3.63) is 36.5 Å². The molecule has 0 radical (unpaired) electrons. The van der Waals surface area contributed by atoms with Crippen LogP contribution in [0.2, 0.25) is 0 Å². The first kappa shape index (κ1) is 63.5. The smallest absolute Gasteiger partial charge is 0.249 e. The third kappa shape index (κ3) is 47.4. The van der Waals surface area contributed by atoms with E-state index in [0.29, 0.717) is 19.3 Å². The summed E-state index contributed by atoms with van der Waals surface area (Å²) in [5.74, 6) is -0.598. The van der Waals surface area contributed by atoms with Crippen LogP contribution in [0.4, 0.5) is 0 Å². The molecule has 0 saturated heterocycles. The molecule has 0 bridgehead atoms. The molecule has 1 amide bonds. The molecule has 6 heteroatoms. The topological polar surface area (TPSA) is 110 Å². The minimum absolute atomic E-state index is 0.355. The highest BCUT2D eigenvalue weighted by Crippen LogP contribution is 2.17. The molecule has 0 aliphatic rings. The van der Waals surface area contributed by atoms with E-state index < -0.39 is 36.9 Å². The number of hydrogen-bond acceptors (Lipinski definition) is 5. The maximum atomic E-state index is 12.6. The van der Waals surface area contributed by atoms with Gasteiger partial charge in [0.2, 0.25) is 5.91 Å². The van der Waals surface area contributed by atoms with Gasteiger partial charge in [-0.3, -0.25) is 4.79 Å². The Hall–Kier alpha value is -1.47. The highest BCUT2D eigenvalue weighted by atomic mass is 16.3. The van der Waals surface area contributed by atoms with Crippen LogP contribution in [0.3, 0.4) is 0 Å². The summed E-state index contributed by atoms with van der Waals surface area (Å²) in [5, 5.41) is 44.0. The lowest BCUT2D eigenvalue weighted by atomic mass is 10.00. The Morgan fingerprint density at radius 3 is 0.969 bits per heavy atom. The molecule has 0 aliphatic carbocycles. The van der Waals surface area contributed by atoms with E-state index >= 15 is 0 Å². The van der Waals surface area contributed by atoms with Crippen LogP contribution in [0.25, 0.3) is 0 Å². The molecule has 5 N–H and O–H groups in total. The minimum atomic E-state index is -1.29. The quantitative estimate of drug-likeness (QED) is 0.0308. The molecule has 0 heterocycles. The fourth-order valence-corrected chi connectivity index (χ4v) is 9.01. The van der Waals surface area contributed by atoms with Crippen LogP contribution < -0.4 is 5.32 Å². The zero-order valence-corrected chi connectivity index (χ0v) is 43.5. The lowest BCUT2D eigenvalue weighted by molar-refractivity contribution is -0.132. The van der Waals surface area contributed by atoms with Crippen molar-refractivity contribution in [1.82, 2.24) is 5.32 Å². The molecule has 4 unspecified atom stereocenters. The molecular formula is C59H113NO5. The predicted molar refractivity (Wildman–Crippen MR) is 284 cm³/mol. The van der Waals surface area contributed by atoms with Crippen LogP contribution in [0.15, 0.2) is 36.5 Å². The zero-order valence-electron chi connectivity index (χ0n) is 43.5.